The summed E-state index contributed by atoms with van der Waals surface area (Å²) in [5, 5.41) is 0. The molecule has 1 radical (unpaired) electrons. The lowest BCUT2D eigenvalue weighted by Gasteiger charge is -2.32. The highest BCUT2D eigenvalue weighted by atomic mass is 16.2. The van der Waals surface area contributed by atoms with Crippen LogP contribution in [0.1, 0.15) is 44.9 Å². The molecule has 0 atom stereocenters. The Morgan fingerprint density at radius 3 is 2.28 bits per heavy atom. The topological polar surface area (TPSA) is 23.6 Å². The molecule has 1 amide bonds. The maximum atomic E-state index is 11.9. The molecule has 0 spiro atoms. The number of hydrogen-bond donors (Lipinski definition) is 0. The van der Waals surface area contributed by atoms with Crippen LogP contribution in [0.25, 0.3) is 0 Å². The van der Waals surface area contributed by atoms with Gasteiger partial charge in [0, 0.05) is 25.6 Å². The van der Waals surface area contributed by atoms with Gasteiger partial charge >= 0.3 is 0 Å². The Morgan fingerprint density at radius 1 is 1.00 bits per heavy atom. The van der Waals surface area contributed by atoms with Gasteiger partial charge in [-0.2, -0.15) is 0 Å². The van der Waals surface area contributed by atoms with Crippen LogP contribution in [0.5, 0.6) is 0 Å². The zero-order valence-corrected chi connectivity index (χ0v) is 11.3. The molecule has 0 aromatic carbocycles. The molecular weight excluding hydrogens is 224 g/mol. The lowest BCUT2D eigenvalue weighted by molar-refractivity contribution is -0.126. The Morgan fingerprint density at radius 2 is 1.67 bits per heavy atom. The van der Waals surface area contributed by atoms with Gasteiger partial charge in [0.2, 0.25) is 5.91 Å². The molecule has 0 N–H and O–H groups in total. The van der Waals surface area contributed by atoms with Crippen molar-refractivity contribution in [1.82, 2.24) is 9.80 Å². The van der Waals surface area contributed by atoms with Crippen molar-refractivity contribution in [2.75, 3.05) is 26.2 Å². The first kappa shape index (κ1) is 12.5. The van der Waals surface area contributed by atoms with Crippen molar-refractivity contribution in [3.63, 3.8) is 0 Å². The van der Waals surface area contributed by atoms with E-state index in [0.717, 1.165) is 31.5 Å². The molecule has 3 heteroatoms. The van der Waals surface area contributed by atoms with Crippen molar-refractivity contribution in [2.45, 2.75) is 51.0 Å². The molecule has 1 saturated carbocycles. The van der Waals surface area contributed by atoms with Crippen molar-refractivity contribution < 1.29 is 4.79 Å². The second-order valence-electron chi connectivity index (χ2n) is 6.18. The number of carbonyl (C=O) groups excluding carboxylic acids is 1. The molecule has 1 aliphatic carbocycles. The van der Waals surface area contributed by atoms with Crippen LogP contribution in [0.3, 0.4) is 0 Å². The van der Waals surface area contributed by atoms with Gasteiger partial charge in [-0.05, 0) is 64.0 Å². The normalized spacial score (nSPS) is 26.8. The van der Waals surface area contributed by atoms with E-state index in [1.54, 1.807) is 0 Å². The first-order valence-corrected chi connectivity index (χ1v) is 7.69. The van der Waals surface area contributed by atoms with Crippen molar-refractivity contribution in [3.05, 3.63) is 6.42 Å². The van der Waals surface area contributed by atoms with Crippen LogP contribution in [0, 0.1) is 12.3 Å². The molecule has 0 aromatic rings. The molecular formula is C15H25N2O. The molecule has 18 heavy (non-hydrogen) atoms. The van der Waals surface area contributed by atoms with Crippen LogP contribution < -0.4 is 0 Å². The number of nitrogens with zero attached hydrogens (tertiary/aromatic N) is 2. The minimum Gasteiger partial charge on any atom is -0.342 e. The van der Waals surface area contributed by atoms with Gasteiger partial charge in [-0.25, -0.2) is 0 Å². The fourth-order valence-corrected chi connectivity index (χ4v) is 3.33. The first-order chi connectivity index (χ1) is 8.83. The van der Waals surface area contributed by atoms with E-state index in [4.69, 9.17) is 0 Å². The maximum Gasteiger partial charge on any atom is 0.226 e. The van der Waals surface area contributed by atoms with E-state index < -0.39 is 0 Å². The number of likely N-dealkylation sites (tertiary alicyclic amines) is 2. The van der Waals surface area contributed by atoms with E-state index in [9.17, 15) is 4.79 Å². The first-order valence-electron chi connectivity index (χ1n) is 7.69. The van der Waals surface area contributed by atoms with Gasteiger partial charge in [-0.1, -0.05) is 0 Å². The molecule has 3 rings (SSSR count). The molecule has 2 heterocycles. The minimum atomic E-state index is 0.289. The quantitative estimate of drug-likeness (QED) is 0.761. The molecule has 0 aromatic heterocycles. The summed E-state index contributed by atoms with van der Waals surface area (Å²) in [7, 11) is 0. The fourth-order valence-electron chi connectivity index (χ4n) is 3.33. The van der Waals surface area contributed by atoms with Crippen LogP contribution in [0.4, 0.5) is 0 Å². The van der Waals surface area contributed by atoms with E-state index in [-0.39, 0.29) is 5.91 Å². The standard InChI is InChI=1S/C15H25N2O/c18-15(17-9-1-2-10-17)6-3-13-7-11-16(12-8-13)14-4-5-14/h6,13-14H,1-5,7-12H2. The third kappa shape index (κ3) is 3.05. The molecule has 0 bridgehead atoms. The molecule has 3 nitrogen and oxygen atoms in total. The number of carbonyl (C=O) groups is 1. The van der Waals surface area contributed by atoms with Gasteiger partial charge in [-0.15, -0.1) is 0 Å². The summed E-state index contributed by atoms with van der Waals surface area (Å²) in [6.45, 7) is 4.49. The third-order valence-corrected chi connectivity index (χ3v) is 4.76. The van der Waals surface area contributed by atoms with E-state index in [2.05, 4.69) is 4.90 Å². The van der Waals surface area contributed by atoms with Gasteiger partial charge in [-0.3, -0.25) is 4.79 Å². The van der Waals surface area contributed by atoms with Crippen molar-refractivity contribution in [3.8, 4) is 0 Å². The molecule has 3 aliphatic rings. The molecule has 0 unspecified atom stereocenters. The zero-order valence-electron chi connectivity index (χ0n) is 11.3. The van der Waals surface area contributed by atoms with E-state index in [1.165, 1.54) is 51.6 Å². The summed E-state index contributed by atoms with van der Waals surface area (Å²) in [4.78, 5) is 16.6. The van der Waals surface area contributed by atoms with E-state index >= 15 is 0 Å². The van der Waals surface area contributed by atoms with E-state index in [0.29, 0.717) is 0 Å². The molecule has 3 fully saturated rings. The summed E-state index contributed by atoms with van der Waals surface area (Å²) in [5.74, 6) is 1.05. The minimum absolute atomic E-state index is 0.289. The predicted octanol–water partition coefficient (Wildman–Crippen LogP) is 2.08. The van der Waals surface area contributed by atoms with Crippen molar-refractivity contribution in [1.29, 1.82) is 0 Å². The lowest BCUT2D eigenvalue weighted by atomic mass is 9.92. The summed E-state index contributed by atoms with van der Waals surface area (Å²) in [5.41, 5.74) is 0. The number of rotatable bonds is 4. The third-order valence-electron chi connectivity index (χ3n) is 4.76. The molecule has 2 aliphatic heterocycles. The van der Waals surface area contributed by atoms with Crippen LogP contribution in [-0.2, 0) is 4.79 Å². The SMILES string of the molecule is O=C([CH]CC1CCN(C2CC2)CC1)N1CCCC1. The van der Waals surface area contributed by atoms with Gasteiger partial charge in [0.1, 0.15) is 0 Å². The fraction of sp³-hybridized carbons (Fsp3) is 0.867. The highest BCUT2D eigenvalue weighted by Gasteiger charge is 2.32. The van der Waals surface area contributed by atoms with Gasteiger partial charge in [0.05, 0.1) is 0 Å². The zero-order chi connectivity index (χ0) is 12.4. The summed E-state index contributed by atoms with van der Waals surface area (Å²) in [6, 6.07) is 0.918. The maximum absolute atomic E-state index is 11.9. The van der Waals surface area contributed by atoms with E-state index in [1.807, 2.05) is 11.3 Å². The second-order valence-corrected chi connectivity index (χ2v) is 6.18. The highest BCUT2D eigenvalue weighted by Crippen LogP contribution is 2.32. The van der Waals surface area contributed by atoms with Crippen molar-refractivity contribution >= 4 is 5.91 Å². The predicted molar refractivity (Wildman–Crippen MR) is 72.1 cm³/mol. The van der Waals surface area contributed by atoms with Gasteiger partial charge in [0.15, 0.2) is 0 Å². The lowest BCUT2D eigenvalue weighted by Crippen LogP contribution is -2.36. The summed E-state index contributed by atoms with van der Waals surface area (Å²) < 4.78 is 0. The molecule has 2 saturated heterocycles. The number of amides is 1. The van der Waals surface area contributed by atoms with Gasteiger partial charge in [0.25, 0.3) is 0 Å². The highest BCUT2D eigenvalue weighted by molar-refractivity contribution is 5.84. The Bertz CT molecular complexity index is 287. The van der Waals surface area contributed by atoms with Crippen LogP contribution >= 0.6 is 0 Å². The average Bonchev–Trinajstić information content (AvgIpc) is 3.11. The summed E-state index contributed by atoms with van der Waals surface area (Å²) >= 11 is 0. The Balaban J connectivity index is 1.34. The van der Waals surface area contributed by atoms with Gasteiger partial charge < -0.3 is 9.80 Å². The summed E-state index contributed by atoms with van der Waals surface area (Å²) in [6.07, 6.45) is 10.8. The van der Waals surface area contributed by atoms with Crippen LogP contribution in [0.15, 0.2) is 0 Å². The number of hydrogen-bond acceptors (Lipinski definition) is 2. The monoisotopic (exact) mass is 249 g/mol. The van der Waals surface area contributed by atoms with Crippen LogP contribution in [-0.4, -0.2) is 47.9 Å². The van der Waals surface area contributed by atoms with Crippen LogP contribution in [0.2, 0.25) is 0 Å². The largest absolute Gasteiger partial charge is 0.342 e. The second kappa shape index (κ2) is 5.60. The Labute approximate surface area is 111 Å². The van der Waals surface area contributed by atoms with Crippen molar-refractivity contribution in [2.24, 2.45) is 5.92 Å². The smallest absolute Gasteiger partial charge is 0.226 e. The molecule has 101 valence electrons. The Kier molecular flexibility index (Phi) is 3.88. The Hall–Kier alpha value is -0.570. The average molecular weight is 249 g/mol. The number of piperidine rings is 1.